The molecule has 2 aromatic carbocycles. The lowest BCUT2D eigenvalue weighted by Gasteiger charge is -2.23. The lowest BCUT2D eigenvalue weighted by atomic mass is 10.1. The first kappa shape index (κ1) is 12.6. The number of benzene rings is 2. The molecule has 1 heterocycles. The van der Waals surface area contributed by atoms with E-state index >= 15 is 0 Å². The molecule has 0 spiro atoms. The van der Waals surface area contributed by atoms with Crippen LogP contribution >= 0.6 is 23.4 Å². The number of amides is 1. The molecule has 0 aliphatic carbocycles. The van der Waals surface area contributed by atoms with Gasteiger partial charge in [0.15, 0.2) is 0 Å². The Bertz CT molecular complexity index is 656. The third-order valence-electron chi connectivity index (χ3n) is 3.09. The fraction of sp³-hybridized carbons (Fsp3) is 0.133. The van der Waals surface area contributed by atoms with Gasteiger partial charge in [0.1, 0.15) is 0 Å². The third kappa shape index (κ3) is 2.24. The number of hydrogen-bond donors (Lipinski definition) is 0. The zero-order valence-corrected chi connectivity index (χ0v) is 12.0. The van der Waals surface area contributed by atoms with Crippen molar-refractivity contribution in [3.05, 3.63) is 53.1 Å². The van der Waals surface area contributed by atoms with Crippen LogP contribution in [0.4, 0.5) is 11.4 Å². The molecule has 1 aliphatic rings. The smallest absolute Gasteiger partial charge is 0.228 e. The number of hydrogen-bond acceptors (Lipinski definition) is 2. The molecule has 1 aliphatic heterocycles. The number of fused-ring (bicyclic) bond motifs is 2. The molecule has 19 heavy (non-hydrogen) atoms. The summed E-state index contributed by atoms with van der Waals surface area (Å²) in [6.07, 6.45) is 0. The number of anilines is 2. The summed E-state index contributed by atoms with van der Waals surface area (Å²) < 4.78 is 0. The van der Waals surface area contributed by atoms with E-state index in [2.05, 4.69) is 6.07 Å². The fourth-order valence-electron chi connectivity index (χ4n) is 2.26. The fourth-order valence-corrected chi connectivity index (χ4v) is 3.45. The zero-order valence-electron chi connectivity index (χ0n) is 10.4. The number of para-hydroxylation sites is 1. The Hall–Kier alpha value is -1.45. The first-order valence-electron chi connectivity index (χ1n) is 5.98. The molecule has 2 aromatic rings. The largest absolute Gasteiger partial charge is 0.280 e. The monoisotopic (exact) mass is 289 g/mol. The van der Waals surface area contributed by atoms with Gasteiger partial charge in [-0.2, -0.15) is 0 Å². The van der Waals surface area contributed by atoms with Gasteiger partial charge >= 0.3 is 0 Å². The number of carbonyl (C=O) groups is 1. The summed E-state index contributed by atoms with van der Waals surface area (Å²) in [6.45, 7) is 1.58. The van der Waals surface area contributed by atoms with Crippen LogP contribution in [-0.2, 0) is 10.5 Å². The SMILES string of the molecule is CC(=O)N1c2ccccc2CSc2ccc(Cl)cc21. The summed E-state index contributed by atoms with van der Waals surface area (Å²) in [6, 6.07) is 13.7. The summed E-state index contributed by atoms with van der Waals surface area (Å²) in [5.41, 5.74) is 2.98. The van der Waals surface area contributed by atoms with Gasteiger partial charge in [-0.05, 0) is 29.8 Å². The van der Waals surface area contributed by atoms with Gasteiger partial charge in [0, 0.05) is 22.6 Å². The van der Waals surface area contributed by atoms with Crippen LogP contribution < -0.4 is 4.90 Å². The maximum atomic E-state index is 12.1. The van der Waals surface area contributed by atoms with Crippen LogP contribution in [0.1, 0.15) is 12.5 Å². The van der Waals surface area contributed by atoms with Crippen molar-refractivity contribution in [1.82, 2.24) is 0 Å². The number of carbonyl (C=O) groups excluding carboxylic acids is 1. The summed E-state index contributed by atoms with van der Waals surface area (Å²) >= 11 is 7.81. The van der Waals surface area contributed by atoms with Gasteiger partial charge in [-0.15, -0.1) is 11.8 Å². The maximum absolute atomic E-state index is 12.1. The van der Waals surface area contributed by atoms with Crippen molar-refractivity contribution >= 4 is 40.6 Å². The molecule has 2 nitrogen and oxygen atoms in total. The topological polar surface area (TPSA) is 20.3 Å². The molecule has 3 rings (SSSR count). The molecular weight excluding hydrogens is 278 g/mol. The number of thioether (sulfide) groups is 1. The normalized spacial score (nSPS) is 13.5. The van der Waals surface area contributed by atoms with E-state index < -0.39 is 0 Å². The summed E-state index contributed by atoms with van der Waals surface area (Å²) in [5.74, 6) is 0.854. The van der Waals surface area contributed by atoms with Crippen LogP contribution in [0.2, 0.25) is 5.02 Å². The Labute approximate surface area is 121 Å². The Balaban J connectivity index is 2.25. The number of halogens is 1. The Morgan fingerprint density at radius 1 is 1.21 bits per heavy atom. The quantitative estimate of drug-likeness (QED) is 0.705. The van der Waals surface area contributed by atoms with Crippen molar-refractivity contribution in [1.29, 1.82) is 0 Å². The van der Waals surface area contributed by atoms with E-state index in [1.807, 2.05) is 36.4 Å². The summed E-state index contributed by atoms with van der Waals surface area (Å²) in [4.78, 5) is 14.9. The Morgan fingerprint density at radius 3 is 2.79 bits per heavy atom. The minimum absolute atomic E-state index is 0.00142. The molecule has 0 unspecified atom stereocenters. The predicted molar refractivity (Wildman–Crippen MR) is 80.3 cm³/mol. The average Bonchev–Trinajstić information content (AvgIpc) is 2.54. The molecule has 0 saturated heterocycles. The van der Waals surface area contributed by atoms with Crippen LogP contribution in [0.25, 0.3) is 0 Å². The summed E-state index contributed by atoms with van der Waals surface area (Å²) in [7, 11) is 0. The molecule has 0 atom stereocenters. The Kier molecular flexibility index (Phi) is 3.25. The lowest BCUT2D eigenvalue weighted by molar-refractivity contribution is -0.115. The van der Waals surface area contributed by atoms with Crippen LogP contribution in [0.3, 0.4) is 0 Å². The third-order valence-corrected chi connectivity index (χ3v) is 4.44. The van der Waals surface area contributed by atoms with E-state index in [1.165, 1.54) is 0 Å². The summed E-state index contributed by atoms with van der Waals surface area (Å²) in [5, 5.41) is 0.644. The van der Waals surface area contributed by atoms with Crippen molar-refractivity contribution in [2.24, 2.45) is 0 Å². The van der Waals surface area contributed by atoms with E-state index in [4.69, 9.17) is 11.6 Å². The van der Waals surface area contributed by atoms with Crippen LogP contribution in [0.15, 0.2) is 47.4 Å². The van der Waals surface area contributed by atoms with Gasteiger partial charge in [-0.1, -0.05) is 29.8 Å². The predicted octanol–water partition coefficient (Wildman–Crippen LogP) is 4.63. The highest BCUT2D eigenvalue weighted by Gasteiger charge is 2.23. The minimum Gasteiger partial charge on any atom is -0.280 e. The second kappa shape index (κ2) is 4.91. The standard InChI is InChI=1S/C15H12ClNOS/c1-10(18)17-13-5-3-2-4-11(13)9-19-15-7-6-12(16)8-14(15)17/h2-8H,9H2,1H3. The van der Waals surface area contributed by atoms with Crippen molar-refractivity contribution in [3.63, 3.8) is 0 Å². The number of rotatable bonds is 0. The highest BCUT2D eigenvalue weighted by atomic mass is 35.5. The molecule has 1 amide bonds. The van der Waals surface area contributed by atoms with Crippen molar-refractivity contribution in [2.45, 2.75) is 17.6 Å². The molecule has 0 N–H and O–H groups in total. The molecule has 0 bridgehead atoms. The van der Waals surface area contributed by atoms with Gasteiger partial charge in [-0.25, -0.2) is 0 Å². The van der Waals surface area contributed by atoms with Gasteiger partial charge in [0.25, 0.3) is 0 Å². The van der Waals surface area contributed by atoms with Crippen molar-refractivity contribution in [2.75, 3.05) is 4.90 Å². The molecule has 0 fully saturated rings. The van der Waals surface area contributed by atoms with Crippen LogP contribution in [-0.4, -0.2) is 5.91 Å². The Morgan fingerprint density at radius 2 is 2.00 bits per heavy atom. The first-order valence-corrected chi connectivity index (χ1v) is 7.34. The molecule has 0 aromatic heterocycles. The first-order chi connectivity index (χ1) is 9.16. The zero-order chi connectivity index (χ0) is 13.4. The average molecular weight is 290 g/mol. The van der Waals surface area contributed by atoms with Gasteiger partial charge in [0.2, 0.25) is 5.91 Å². The maximum Gasteiger partial charge on any atom is 0.228 e. The van der Waals surface area contributed by atoms with E-state index in [0.29, 0.717) is 5.02 Å². The van der Waals surface area contributed by atoms with E-state index in [1.54, 1.807) is 23.6 Å². The second-order valence-electron chi connectivity index (χ2n) is 4.38. The molecule has 0 radical (unpaired) electrons. The number of nitrogens with zero attached hydrogens (tertiary/aromatic N) is 1. The molecule has 4 heteroatoms. The van der Waals surface area contributed by atoms with E-state index in [0.717, 1.165) is 27.6 Å². The van der Waals surface area contributed by atoms with E-state index in [9.17, 15) is 4.79 Å². The second-order valence-corrected chi connectivity index (χ2v) is 5.84. The molecule has 0 saturated carbocycles. The lowest BCUT2D eigenvalue weighted by Crippen LogP contribution is -2.23. The van der Waals surface area contributed by atoms with Crippen molar-refractivity contribution in [3.8, 4) is 0 Å². The minimum atomic E-state index is -0.00142. The highest BCUT2D eigenvalue weighted by Crippen LogP contribution is 2.43. The molecule has 96 valence electrons. The van der Waals surface area contributed by atoms with Gasteiger partial charge < -0.3 is 0 Å². The molecular formula is C15H12ClNOS. The van der Waals surface area contributed by atoms with Crippen LogP contribution in [0, 0.1) is 0 Å². The van der Waals surface area contributed by atoms with E-state index in [-0.39, 0.29) is 5.91 Å². The highest BCUT2D eigenvalue weighted by molar-refractivity contribution is 7.98. The van der Waals surface area contributed by atoms with Gasteiger partial charge in [-0.3, -0.25) is 9.69 Å². The van der Waals surface area contributed by atoms with Crippen LogP contribution in [0.5, 0.6) is 0 Å². The van der Waals surface area contributed by atoms with Gasteiger partial charge in [0.05, 0.1) is 11.4 Å². The van der Waals surface area contributed by atoms with Crippen molar-refractivity contribution < 1.29 is 4.79 Å².